The zero-order valence-electron chi connectivity index (χ0n) is 28.2. The molecular formula is C35H47N7O4S2. The number of piperidine rings is 2. The third-order valence-corrected chi connectivity index (χ3v) is 12.7. The van der Waals surface area contributed by atoms with E-state index in [4.69, 9.17) is 19.0 Å². The molecule has 2 aromatic carbocycles. The van der Waals surface area contributed by atoms with E-state index in [9.17, 15) is 8.42 Å². The Balaban J connectivity index is 1.10. The van der Waals surface area contributed by atoms with Gasteiger partial charge in [0.25, 0.3) is 0 Å². The summed E-state index contributed by atoms with van der Waals surface area (Å²) >= 11 is 0. The average molecular weight is 694 g/mol. The van der Waals surface area contributed by atoms with Crippen LogP contribution >= 0.6 is 0 Å². The Morgan fingerprint density at radius 2 is 1.44 bits per heavy atom. The fraction of sp³-hybridized carbons (Fsp3) is 0.514. The highest BCUT2D eigenvalue weighted by Crippen LogP contribution is 2.36. The molecule has 0 radical (unpaired) electrons. The molecular weight excluding hydrogens is 647 g/mol. The minimum atomic E-state index is -2.95. The number of anilines is 2. The molecule has 0 spiro atoms. The van der Waals surface area contributed by atoms with Crippen LogP contribution in [0, 0.1) is 21.4 Å². The van der Waals surface area contributed by atoms with Crippen LogP contribution in [0.15, 0.2) is 48.9 Å². The van der Waals surface area contributed by atoms with Crippen LogP contribution in [0.5, 0.6) is 11.5 Å². The van der Waals surface area contributed by atoms with Gasteiger partial charge in [0.05, 0.1) is 25.5 Å². The van der Waals surface area contributed by atoms with Gasteiger partial charge in [0.2, 0.25) is 0 Å². The van der Waals surface area contributed by atoms with Gasteiger partial charge in [0.1, 0.15) is 29.2 Å². The first kappa shape index (κ1) is 34.2. The van der Waals surface area contributed by atoms with Crippen LogP contribution in [0.3, 0.4) is 0 Å². The van der Waals surface area contributed by atoms with Crippen LogP contribution in [-0.4, -0.2) is 81.5 Å². The average Bonchev–Trinajstić information content (AvgIpc) is 3.09. The fourth-order valence-electron chi connectivity index (χ4n) is 7.26. The van der Waals surface area contributed by atoms with Crippen molar-refractivity contribution in [1.82, 2.24) is 15.0 Å². The smallest absolute Gasteiger partial charge is 0.145 e. The number of pyridine rings is 1. The van der Waals surface area contributed by atoms with E-state index in [0.717, 1.165) is 98.2 Å². The summed E-state index contributed by atoms with van der Waals surface area (Å²) in [6, 6.07) is 11.9. The quantitative estimate of drug-likeness (QED) is 0.174. The molecule has 48 heavy (non-hydrogen) atoms. The molecule has 6 rings (SSSR count). The number of nitrogens with zero attached hydrogens (tertiary/aromatic N) is 5. The largest absolute Gasteiger partial charge is 0.496 e. The first-order valence-electron chi connectivity index (χ1n) is 16.7. The number of benzene rings is 2. The molecule has 13 heteroatoms. The summed E-state index contributed by atoms with van der Waals surface area (Å²) in [5, 5.41) is 1.96. The third kappa shape index (κ3) is 7.78. The molecule has 4 aromatic rings. The number of hydrogen-bond donors (Lipinski definition) is 2. The van der Waals surface area contributed by atoms with Gasteiger partial charge in [0, 0.05) is 91.6 Å². The van der Waals surface area contributed by atoms with Gasteiger partial charge in [-0.25, -0.2) is 14.2 Å². The molecule has 2 unspecified atom stereocenters. The number of aromatic nitrogens is 3. The normalized spacial score (nSPS) is 18.9. The van der Waals surface area contributed by atoms with E-state index < -0.39 is 19.5 Å². The maximum Gasteiger partial charge on any atom is 0.145 e. The molecule has 2 aliphatic rings. The molecule has 0 amide bonds. The second-order valence-electron chi connectivity index (χ2n) is 13.3. The van der Waals surface area contributed by atoms with Crippen LogP contribution < -0.4 is 19.3 Å². The van der Waals surface area contributed by atoms with Crippen LogP contribution in [0.4, 0.5) is 11.5 Å². The summed E-state index contributed by atoms with van der Waals surface area (Å²) in [4.78, 5) is 18.5. The monoisotopic (exact) mass is 693 g/mol. The molecule has 258 valence electrons. The van der Waals surface area contributed by atoms with Crippen LogP contribution in [0.25, 0.3) is 21.8 Å². The van der Waals surface area contributed by atoms with Gasteiger partial charge in [-0.1, -0.05) is 12.1 Å². The van der Waals surface area contributed by atoms with Crippen LogP contribution in [0.1, 0.15) is 44.1 Å². The fourth-order valence-corrected chi connectivity index (χ4v) is 9.65. The van der Waals surface area contributed by atoms with Gasteiger partial charge in [-0.15, -0.1) is 0 Å². The third-order valence-electron chi connectivity index (χ3n) is 10.0. The molecule has 0 saturated carbocycles. The Kier molecular flexibility index (Phi) is 10.3. The highest BCUT2D eigenvalue weighted by molar-refractivity contribution is 7.91. The van der Waals surface area contributed by atoms with Crippen molar-refractivity contribution in [3.63, 3.8) is 0 Å². The summed E-state index contributed by atoms with van der Waals surface area (Å²) < 4.78 is 53.6. The van der Waals surface area contributed by atoms with Gasteiger partial charge in [-0.2, -0.15) is 0 Å². The lowest BCUT2D eigenvalue weighted by Gasteiger charge is -2.34. The van der Waals surface area contributed by atoms with E-state index in [2.05, 4.69) is 36.9 Å². The molecule has 2 aromatic heterocycles. The van der Waals surface area contributed by atoms with E-state index in [-0.39, 0.29) is 5.75 Å². The van der Waals surface area contributed by atoms with E-state index in [0.29, 0.717) is 40.2 Å². The molecule has 2 fully saturated rings. The van der Waals surface area contributed by atoms with Crippen molar-refractivity contribution in [2.75, 3.05) is 68.0 Å². The minimum Gasteiger partial charge on any atom is -0.496 e. The van der Waals surface area contributed by atoms with Gasteiger partial charge in [0.15, 0.2) is 0 Å². The Labute approximate surface area is 284 Å². The van der Waals surface area contributed by atoms with E-state index in [1.165, 1.54) is 6.26 Å². The summed E-state index contributed by atoms with van der Waals surface area (Å²) in [6.07, 6.45) is 10.3. The van der Waals surface area contributed by atoms with Crippen molar-refractivity contribution >= 4 is 52.8 Å². The Morgan fingerprint density at radius 1 is 0.771 bits per heavy atom. The SMILES string of the molecule is COc1ccc2c(N3CCC(CCS(C)(=N)=O)CC3)ncnc2c1CS(=N)(=O)CCC1CCN(c2ccnc3c(OC)cccc23)CC1. The maximum atomic E-state index is 13.9. The van der Waals surface area contributed by atoms with Crippen LogP contribution in [0.2, 0.25) is 0 Å². The second-order valence-corrected chi connectivity index (χ2v) is 18.1. The predicted molar refractivity (Wildman–Crippen MR) is 195 cm³/mol. The summed E-state index contributed by atoms with van der Waals surface area (Å²) in [5.41, 5.74) is 3.42. The number of para-hydroxylation sites is 1. The lowest BCUT2D eigenvalue weighted by molar-refractivity contribution is 0.395. The van der Waals surface area contributed by atoms with Crippen molar-refractivity contribution in [3.05, 3.63) is 54.5 Å². The predicted octanol–water partition coefficient (Wildman–Crippen LogP) is 6.33. The zero-order valence-corrected chi connectivity index (χ0v) is 29.8. The van der Waals surface area contributed by atoms with E-state index in [1.807, 2.05) is 30.5 Å². The number of ether oxygens (including phenoxy) is 2. The Bertz CT molecular complexity index is 1970. The number of hydrogen-bond acceptors (Lipinski definition) is 11. The topological polar surface area (TPSA) is 145 Å². The summed E-state index contributed by atoms with van der Waals surface area (Å²) in [6.45, 7) is 3.44. The molecule has 2 atom stereocenters. The molecule has 0 bridgehead atoms. The number of rotatable bonds is 12. The van der Waals surface area contributed by atoms with Crippen molar-refractivity contribution in [1.29, 1.82) is 9.56 Å². The highest BCUT2D eigenvalue weighted by atomic mass is 32.2. The second kappa shape index (κ2) is 14.4. The van der Waals surface area contributed by atoms with Gasteiger partial charge < -0.3 is 19.3 Å². The molecule has 2 saturated heterocycles. The Hall–Kier alpha value is -3.71. The lowest BCUT2D eigenvalue weighted by Crippen LogP contribution is -2.35. The van der Waals surface area contributed by atoms with Gasteiger partial charge >= 0.3 is 0 Å². The first-order valence-corrected chi connectivity index (χ1v) is 20.8. The van der Waals surface area contributed by atoms with Gasteiger partial charge in [-0.05, 0) is 74.6 Å². The summed E-state index contributed by atoms with van der Waals surface area (Å²) in [5.74, 6) is 3.93. The van der Waals surface area contributed by atoms with Gasteiger partial charge in [-0.3, -0.25) is 18.8 Å². The van der Waals surface area contributed by atoms with Crippen molar-refractivity contribution in [2.45, 2.75) is 44.3 Å². The molecule has 2 aliphatic heterocycles. The standard InChI is InChI=1S/C35H47N7O4S2/c1-45-31-8-7-28-33(39-24-40-35(28)42-19-12-25(13-20-42)14-21-47(3,36)43)29(31)23-48(37,44)22-15-26-10-17-41(18-11-26)30-9-16-38-34-27(30)5-4-6-32(34)46-2/h4-9,16,24-26,36-37H,10-15,17-23H2,1-3H3. The van der Waals surface area contributed by atoms with Crippen molar-refractivity contribution < 1.29 is 17.9 Å². The highest BCUT2D eigenvalue weighted by Gasteiger charge is 2.26. The molecule has 2 N–H and O–H groups in total. The minimum absolute atomic E-state index is 0.0825. The number of nitrogens with one attached hydrogen (secondary N) is 2. The molecule has 0 aliphatic carbocycles. The molecule has 4 heterocycles. The van der Waals surface area contributed by atoms with Crippen molar-refractivity contribution in [3.8, 4) is 11.5 Å². The first-order chi connectivity index (χ1) is 23.0. The number of fused-ring (bicyclic) bond motifs is 2. The zero-order chi connectivity index (χ0) is 33.9. The maximum absolute atomic E-state index is 13.9. The van der Waals surface area contributed by atoms with E-state index in [1.54, 1.807) is 20.5 Å². The summed E-state index contributed by atoms with van der Waals surface area (Å²) in [7, 11) is -2.15. The lowest BCUT2D eigenvalue weighted by atomic mass is 9.94. The van der Waals surface area contributed by atoms with E-state index >= 15 is 0 Å². The van der Waals surface area contributed by atoms with Crippen molar-refractivity contribution in [2.24, 2.45) is 11.8 Å². The molecule has 11 nitrogen and oxygen atoms in total. The number of methoxy groups -OCH3 is 2. The van der Waals surface area contributed by atoms with Crippen LogP contribution in [-0.2, 0) is 25.2 Å². The Morgan fingerprint density at radius 3 is 2.10 bits per heavy atom.